The van der Waals surface area contributed by atoms with Crippen molar-refractivity contribution < 1.29 is 13.9 Å². The van der Waals surface area contributed by atoms with Crippen LogP contribution in [0.5, 0.6) is 5.75 Å². The predicted octanol–water partition coefficient (Wildman–Crippen LogP) is 6.75. The van der Waals surface area contributed by atoms with Crippen molar-refractivity contribution in [1.82, 2.24) is 30.1 Å². The number of anilines is 1. The lowest BCUT2D eigenvalue weighted by Crippen LogP contribution is -2.19. The molecule has 3 N–H and O–H groups in total. The van der Waals surface area contributed by atoms with Crippen LogP contribution in [0.25, 0.3) is 55.6 Å². The van der Waals surface area contributed by atoms with Crippen LogP contribution in [0.3, 0.4) is 0 Å². The molecule has 6 rings (SSSR count). The summed E-state index contributed by atoms with van der Waals surface area (Å²) in [7, 11) is 1.51. The maximum absolute atomic E-state index is 14.3. The molecule has 1 amide bonds. The lowest BCUT2D eigenvalue weighted by Gasteiger charge is -2.17. The minimum atomic E-state index is -0.392. The summed E-state index contributed by atoms with van der Waals surface area (Å²) in [5.74, 6) is -0.0279. The first-order chi connectivity index (χ1) is 19.7. The molecule has 0 spiro atoms. The van der Waals surface area contributed by atoms with Gasteiger partial charge >= 0.3 is 0 Å². The number of amides is 1. The van der Waals surface area contributed by atoms with Crippen LogP contribution in [0.2, 0.25) is 0 Å². The zero-order valence-corrected chi connectivity index (χ0v) is 23.0. The molecule has 9 nitrogen and oxygen atoms in total. The van der Waals surface area contributed by atoms with E-state index in [1.54, 1.807) is 37.1 Å². The largest absolute Gasteiger partial charge is 0.497 e. The van der Waals surface area contributed by atoms with Crippen molar-refractivity contribution in [2.24, 2.45) is 5.41 Å². The number of carbonyl (C=O) groups excluding carboxylic acids is 1. The number of aromatic amines is 2. The highest BCUT2D eigenvalue weighted by Gasteiger charge is 2.18. The SMILES string of the molecule is COc1cc(F)cc(-c2cncc3[nH]c(-c4n[nH]c5ncc(-c6cncc(NC(=O)CC(C)(C)C)c6)cc45)cc23)c1. The molecule has 10 heteroatoms. The second-order valence-electron chi connectivity index (χ2n) is 11.2. The van der Waals surface area contributed by atoms with Gasteiger partial charge in [0.1, 0.15) is 17.3 Å². The Bertz CT molecular complexity index is 1920. The number of halogens is 1. The number of carbonyl (C=O) groups is 1. The summed E-state index contributed by atoms with van der Waals surface area (Å²) < 4.78 is 19.5. The molecule has 206 valence electrons. The van der Waals surface area contributed by atoms with E-state index in [2.05, 4.69) is 35.5 Å². The highest BCUT2D eigenvalue weighted by atomic mass is 19.1. The van der Waals surface area contributed by atoms with E-state index >= 15 is 0 Å². The number of hydrogen-bond donors (Lipinski definition) is 3. The molecule has 0 aliphatic rings. The third kappa shape index (κ3) is 5.36. The molecule has 1 aromatic carbocycles. The summed E-state index contributed by atoms with van der Waals surface area (Å²) in [6.07, 6.45) is 8.93. The normalized spacial score (nSPS) is 11.7. The minimum absolute atomic E-state index is 0.0634. The smallest absolute Gasteiger partial charge is 0.224 e. The minimum Gasteiger partial charge on any atom is -0.497 e. The van der Waals surface area contributed by atoms with Crippen LogP contribution < -0.4 is 10.1 Å². The molecule has 0 fully saturated rings. The number of fused-ring (bicyclic) bond motifs is 2. The van der Waals surface area contributed by atoms with Crippen molar-refractivity contribution in [3.63, 3.8) is 0 Å². The average molecular weight is 550 g/mol. The molecule has 0 atom stereocenters. The van der Waals surface area contributed by atoms with Gasteiger partial charge in [0.25, 0.3) is 0 Å². The van der Waals surface area contributed by atoms with Crippen LogP contribution >= 0.6 is 0 Å². The van der Waals surface area contributed by atoms with Gasteiger partial charge in [-0.1, -0.05) is 20.8 Å². The number of rotatable bonds is 6. The van der Waals surface area contributed by atoms with E-state index in [1.807, 2.05) is 39.0 Å². The number of nitrogens with zero attached hydrogens (tertiary/aromatic N) is 4. The molecule has 0 saturated heterocycles. The number of methoxy groups -OCH3 is 1. The Morgan fingerprint density at radius 2 is 1.73 bits per heavy atom. The Kier molecular flexibility index (Phi) is 6.45. The van der Waals surface area contributed by atoms with Gasteiger partial charge in [0, 0.05) is 58.5 Å². The number of benzene rings is 1. The first-order valence-electron chi connectivity index (χ1n) is 13.1. The van der Waals surface area contributed by atoms with Gasteiger partial charge in [0.05, 0.1) is 36.4 Å². The van der Waals surface area contributed by atoms with E-state index in [1.165, 1.54) is 19.2 Å². The molecular formula is C31H28FN7O2. The Labute approximate surface area is 235 Å². The third-order valence-electron chi connectivity index (χ3n) is 6.68. The third-order valence-corrected chi connectivity index (χ3v) is 6.68. The van der Waals surface area contributed by atoms with Crippen molar-refractivity contribution in [2.75, 3.05) is 12.4 Å². The fourth-order valence-corrected chi connectivity index (χ4v) is 4.86. The number of pyridine rings is 3. The monoisotopic (exact) mass is 549 g/mol. The lowest BCUT2D eigenvalue weighted by molar-refractivity contribution is -0.117. The molecule has 0 unspecified atom stereocenters. The number of ether oxygens (including phenoxy) is 1. The molecule has 5 heterocycles. The van der Waals surface area contributed by atoms with Crippen LogP contribution in [0, 0.1) is 11.2 Å². The second kappa shape index (κ2) is 10.1. The Morgan fingerprint density at radius 1 is 0.927 bits per heavy atom. The van der Waals surface area contributed by atoms with Gasteiger partial charge in [-0.3, -0.25) is 19.9 Å². The Balaban J connectivity index is 1.37. The van der Waals surface area contributed by atoms with Crippen molar-refractivity contribution in [3.05, 3.63) is 73.2 Å². The van der Waals surface area contributed by atoms with E-state index < -0.39 is 5.82 Å². The van der Waals surface area contributed by atoms with Crippen LogP contribution in [0.4, 0.5) is 10.1 Å². The first-order valence-corrected chi connectivity index (χ1v) is 13.1. The molecular weight excluding hydrogens is 521 g/mol. The van der Waals surface area contributed by atoms with Gasteiger partial charge in [0.15, 0.2) is 5.65 Å². The van der Waals surface area contributed by atoms with Crippen molar-refractivity contribution >= 4 is 33.5 Å². The maximum atomic E-state index is 14.3. The molecule has 6 aromatic rings. The Hall–Kier alpha value is -5.12. The molecule has 0 bridgehead atoms. The molecule has 0 radical (unpaired) electrons. The van der Waals surface area contributed by atoms with Gasteiger partial charge in [0.2, 0.25) is 5.91 Å². The van der Waals surface area contributed by atoms with Crippen molar-refractivity contribution in [1.29, 1.82) is 0 Å². The summed E-state index contributed by atoms with van der Waals surface area (Å²) in [6, 6.07) is 10.4. The zero-order valence-electron chi connectivity index (χ0n) is 23.0. The zero-order chi connectivity index (χ0) is 28.7. The van der Waals surface area contributed by atoms with Crippen LogP contribution in [-0.4, -0.2) is 43.2 Å². The highest BCUT2D eigenvalue weighted by molar-refractivity contribution is 6.01. The summed E-state index contributed by atoms with van der Waals surface area (Å²) >= 11 is 0. The predicted molar refractivity (Wildman–Crippen MR) is 157 cm³/mol. The van der Waals surface area contributed by atoms with Crippen molar-refractivity contribution in [2.45, 2.75) is 27.2 Å². The van der Waals surface area contributed by atoms with Crippen molar-refractivity contribution in [3.8, 4) is 39.4 Å². The standard InChI is InChI=1S/C31H28FN7O2/c1-31(2,3)11-28(40)36-21-6-18(12-33-14-21)19-8-24-29(38-39-30(24)35-13-19)26-10-23-25(15-34-16-27(23)37-26)17-5-20(32)9-22(7-17)41-4/h5-10,12-16,37H,11H2,1-4H3,(H,36,40)(H,35,38,39). The van der Waals surface area contributed by atoms with Crippen LogP contribution in [0.1, 0.15) is 27.2 Å². The van der Waals surface area contributed by atoms with Gasteiger partial charge in [-0.05, 0) is 41.3 Å². The number of hydrogen-bond acceptors (Lipinski definition) is 6. The quantitative estimate of drug-likeness (QED) is 0.211. The topological polar surface area (TPSA) is 121 Å². The number of H-pyrrole nitrogens is 2. The van der Waals surface area contributed by atoms with E-state index in [4.69, 9.17) is 4.74 Å². The fourth-order valence-electron chi connectivity index (χ4n) is 4.86. The molecule has 0 aliphatic carbocycles. The average Bonchev–Trinajstić information content (AvgIpc) is 3.55. The maximum Gasteiger partial charge on any atom is 0.224 e. The molecule has 0 saturated carbocycles. The summed E-state index contributed by atoms with van der Waals surface area (Å²) in [6.45, 7) is 6.06. The Morgan fingerprint density at radius 3 is 2.54 bits per heavy atom. The van der Waals surface area contributed by atoms with Gasteiger partial charge in [-0.25, -0.2) is 9.37 Å². The summed E-state index contributed by atoms with van der Waals surface area (Å²) in [5.41, 5.74) is 6.39. The van der Waals surface area contributed by atoms with E-state index in [0.29, 0.717) is 34.8 Å². The van der Waals surface area contributed by atoms with E-state index in [-0.39, 0.29) is 11.3 Å². The van der Waals surface area contributed by atoms with Crippen LogP contribution in [0.15, 0.2) is 67.4 Å². The lowest BCUT2D eigenvalue weighted by atomic mass is 9.92. The number of nitrogens with one attached hydrogen (secondary N) is 3. The highest BCUT2D eigenvalue weighted by Crippen LogP contribution is 2.35. The van der Waals surface area contributed by atoms with Gasteiger partial charge in [-0.15, -0.1) is 0 Å². The van der Waals surface area contributed by atoms with E-state index in [0.717, 1.165) is 38.7 Å². The van der Waals surface area contributed by atoms with E-state index in [9.17, 15) is 9.18 Å². The fraction of sp³-hybridized carbons (Fsp3) is 0.194. The molecule has 41 heavy (non-hydrogen) atoms. The molecule has 0 aliphatic heterocycles. The number of aromatic nitrogens is 6. The van der Waals surface area contributed by atoms with Gasteiger partial charge < -0.3 is 15.0 Å². The summed E-state index contributed by atoms with van der Waals surface area (Å²) in [4.78, 5) is 29.1. The molecule has 5 aromatic heterocycles. The van der Waals surface area contributed by atoms with Crippen LogP contribution in [-0.2, 0) is 4.79 Å². The summed E-state index contributed by atoms with van der Waals surface area (Å²) in [5, 5.41) is 12.2. The first kappa shape index (κ1) is 26.1. The second-order valence-corrected chi connectivity index (χ2v) is 11.2. The van der Waals surface area contributed by atoms with Gasteiger partial charge in [-0.2, -0.15) is 5.10 Å².